The topological polar surface area (TPSA) is 63.8 Å². The van der Waals surface area contributed by atoms with Gasteiger partial charge < -0.3 is 11.1 Å². The number of rotatable bonds is 4. The van der Waals surface area contributed by atoms with Crippen molar-refractivity contribution in [2.75, 3.05) is 17.6 Å². The Morgan fingerprint density at radius 1 is 1.40 bits per heavy atom. The molecule has 2 aromatic heterocycles. The van der Waals surface area contributed by atoms with Crippen LogP contribution in [0.4, 0.5) is 11.8 Å². The number of thiophene rings is 1. The molecule has 0 amide bonds. The van der Waals surface area contributed by atoms with Crippen molar-refractivity contribution in [1.29, 1.82) is 0 Å². The van der Waals surface area contributed by atoms with Crippen LogP contribution < -0.4 is 11.1 Å². The molecule has 20 heavy (non-hydrogen) atoms. The molecule has 2 aromatic rings. The van der Waals surface area contributed by atoms with Crippen molar-refractivity contribution >= 4 is 33.3 Å². The van der Waals surface area contributed by atoms with Gasteiger partial charge >= 0.3 is 0 Å². The number of nitrogen functional groups attached to an aromatic ring is 1. The molecule has 0 aromatic carbocycles. The van der Waals surface area contributed by atoms with E-state index in [0.29, 0.717) is 5.95 Å². The van der Waals surface area contributed by atoms with E-state index in [9.17, 15) is 0 Å². The summed E-state index contributed by atoms with van der Waals surface area (Å²) in [7, 11) is 0. The molecule has 3 N–H and O–H groups in total. The van der Waals surface area contributed by atoms with E-state index in [1.807, 2.05) is 0 Å². The summed E-state index contributed by atoms with van der Waals surface area (Å²) in [6.45, 7) is 5.50. The lowest BCUT2D eigenvalue weighted by molar-refractivity contribution is 0.439. The molecule has 2 heterocycles. The highest BCUT2D eigenvalue weighted by Gasteiger charge is 2.23. The molecular weight excluding hydrogens is 268 g/mol. The Kier molecular flexibility index (Phi) is 3.78. The van der Waals surface area contributed by atoms with Crippen LogP contribution in [0.3, 0.4) is 0 Å². The number of hydrogen-bond donors (Lipinski definition) is 2. The van der Waals surface area contributed by atoms with Crippen molar-refractivity contribution in [2.45, 2.75) is 39.5 Å². The predicted molar refractivity (Wildman–Crippen MR) is 86.2 cm³/mol. The molecule has 2 unspecified atom stereocenters. The third kappa shape index (κ3) is 2.59. The number of aromatic nitrogens is 2. The average Bonchev–Trinajstić information content (AvgIpc) is 3.01. The van der Waals surface area contributed by atoms with Crippen molar-refractivity contribution < 1.29 is 0 Å². The number of nitrogens with two attached hydrogens (primary N) is 1. The quantitative estimate of drug-likeness (QED) is 0.901. The largest absolute Gasteiger partial charge is 0.369 e. The van der Waals surface area contributed by atoms with Crippen LogP contribution in [0.15, 0.2) is 6.07 Å². The maximum absolute atomic E-state index is 5.83. The molecule has 1 saturated carbocycles. The first-order chi connectivity index (χ1) is 9.67. The van der Waals surface area contributed by atoms with Gasteiger partial charge in [0.2, 0.25) is 5.95 Å². The van der Waals surface area contributed by atoms with Crippen LogP contribution in [0.5, 0.6) is 0 Å². The van der Waals surface area contributed by atoms with E-state index in [4.69, 9.17) is 5.73 Å². The van der Waals surface area contributed by atoms with Crippen LogP contribution in [0.2, 0.25) is 0 Å². The van der Waals surface area contributed by atoms with Gasteiger partial charge in [-0.05, 0) is 30.7 Å². The smallest absolute Gasteiger partial charge is 0.223 e. The predicted octanol–water partition coefficient (Wildman–Crippen LogP) is 3.68. The molecule has 0 radical (unpaired) electrons. The average molecular weight is 290 g/mol. The van der Waals surface area contributed by atoms with Crippen molar-refractivity contribution in [1.82, 2.24) is 9.97 Å². The highest BCUT2D eigenvalue weighted by atomic mass is 32.1. The summed E-state index contributed by atoms with van der Waals surface area (Å²) in [5.74, 6) is 2.84. The molecule has 3 rings (SSSR count). The van der Waals surface area contributed by atoms with Crippen LogP contribution in [-0.2, 0) is 6.42 Å². The minimum atomic E-state index is 0.365. The monoisotopic (exact) mass is 290 g/mol. The van der Waals surface area contributed by atoms with Crippen LogP contribution in [0.25, 0.3) is 10.2 Å². The summed E-state index contributed by atoms with van der Waals surface area (Å²) >= 11 is 1.71. The van der Waals surface area contributed by atoms with Crippen molar-refractivity contribution in [3.05, 3.63) is 10.9 Å². The van der Waals surface area contributed by atoms with E-state index < -0.39 is 0 Å². The second-order valence-electron chi connectivity index (χ2n) is 5.76. The maximum Gasteiger partial charge on any atom is 0.223 e. The van der Waals surface area contributed by atoms with Crippen molar-refractivity contribution in [2.24, 2.45) is 11.8 Å². The Bertz CT molecular complexity index is 607. The minimum Gasteiger partial charge on any atom is -0.369 e. The van der Waals surface area contributed by atoms with Gasteiger partial charge in [-0.15, -0.1) is 11.3 Å². The van der Waals surface area contributed by atoms with Gasteiger partial charge in [0.15, 0.2) is 0 Å². The molecule has 0 spiro atoms. The zero-order valence-electron chi connectivity index (χ0n) is 12.1. The summed E-state index contributed by atoms with van der Waals surface area (Å²) in [5.41, 5.74) is 5.83. The number of nitrogens with one attached hydrogen (secondary N) is 1. The molecule has 2 atom stereocenters. The first kappa shape index (κ1) is 13.6. The van der Waals surface area contributed by atoms with Gasteiger partial charge in [-0.25, -0.2) is 4.98 Å². The standard InChI is InChI=1S/C15H22N4S/c1-3-11-7-12-13(18-15(16)19-14(12)20-11)17-8-10-6-4-5-9(10)2/h7,9-10H,3-6,8H2,1-2H3,(H3,16,17,18,19). The molecule has 5 heteroatoms. The van der Waals surface area contributed by atoms with Gasteiger partial charge in [0.1, 0.15) is 10.6 Å². The Balaban J connectivity index is 1.84. The molecule has 1 aliphatic rings. The summed E-state index contributed by atoms with van der Waals surface area (Å²) < 4.78 is 0. The molecular formula is C15H22N4S. The van der Waals surface area contributed by atoms with E-state index in [1.165, 1.54) is 24.1 Å². The third-order valence-electron chi connectivity index (χ3n) is 4.38. The van der Waals surface area contributed by atoms with Crippen LogP contribution in [0.1, 0.15) is 38.0 Å². The van der Waals surface area contributed by atoms with Crippen LogP contribution in [-0.4, -0.2) is 16.5 Å². The summed E-state index contributed by atoms with van der Waals surface area (Å²) in [6.07, 6.45) is 5.06. The molecule has 108 valence electrons. The summed E-state index contributed by atoms with van der Waals surface area (Å²) in [4.78, 5) is 11.1. The first-order valence-corrected chi connectivity index (χ1v) is 8.28. The number of nitrogens with zero attached hydrogens (tertiary/aromatic N) is 2. The lowest BCUT2D eigenvalue weighted by Gasteiger charge is -2.16. The Labute approximate surface area is 123 Å². The van der Waals surface area contributed by atoms with E-state index in [2.05, 4.69) is 35.2 Å². The Hall–Kier alpha value is -1.36. The second kappa shape index (κ2) is 5.56. The van der Waals surface area contributed by atoms with Gasteiger partial charge in [-0.1, -0.05) is 26.7 Å². The SMILES string of the molecule is CCc1cc2c(NCC3CCCC3C)nc(N)nc2s1. The number of aryl methyl sites for hydroxylation is 1. The van der Waals surface area contributed by atoms with Gasteiger partial charge in [0.25, 0.3) is 0 Å². The van der Waals surface area contributed by atoms with Gasteiger partial charge in [0.05, 0.1) is 5.39 Å². The molecule has 0 saturated heterocycles. The van der Waals surface area contributed by atoms with Gasteiger partial charge in [-0.2, -0.15) is 4.98 Å². The Morgan fingerprint density at radius 2 is 2.25 bits per heavy atom. The van der Waals surface area contributed by atoms with Crippen molar-refractivity contribution in [3.8, 4) is 0 Å². The van der Waals surface area contributed by atoms with E-state index in [1.54, 1.807) is 11.3 Å². The molecule has 1 aliphatic carbocycles. The number of fused-ring (bicyclic) bond motifs is 1. The zero-order chi connectivity index (χ0) is 14.1. The second-order valence-corrected chi connectivity index (χ2v) is 6.88. The number of hydrogen-bond acceptors (Lipinski definition) is 5. The maximum atomic E-state index is 5.83. The molecule has 4 nitrogen and oxygen atoms in total. The number of anilines is 2. The minimum absolute atomic E-state index is 0.365. The highest BCUT2D eigenvalue weighted by Crippen LogP contribution is 2.33. The zero-order valence-corrected chi connectivity index (χ0v) is 13.0. The molecule has 0 bridgehead atoms. The van der Waals surface area contributed by atoms with E-state index >= 15 is 0 Å². The lowest BCUT2D eigenvalue weighted by atomic mass is 9.98. The molecule has 0 aliphatic heterocycles. The summed E-state index contributed by atoms with van der Waals surface area (Å²) in [6, 6.07) is 2.19. The summed E-state index contributed by atoms with van der Waals surface area (Å²) in [5, 5.41) is 4.63. The van der Waals surface area contributed by atoms with Crippen LogP contribution >= 0.6 is 11.3 Å². The fraction of sp³-hybridized carbons (Fsp3) is 0.600. The molecule has 1 fully saturated rings. The fourth-order valence-electron chi connectivity index (χ4n) is 3.05. The highest BCUT2D eigenvalue weighted by molar-refractivity contribution is 7.18. The fourth-order valence-corrected chi connectivity index (χ4v) is 4.02. The van der Waals surface area contributed by atoms with Gasteiger partial charge in [-0.3, -0.25) is 0 Å². The Morgan fingerprint density at radius 3 is 2.95 bits per heavy atom. The van der Waals surface area contributed by atoms with E-state index in [0.717, 1.165) is 40.8 Å². The lowest BCUT2D eigenvalue weighted by Crippen LogP contribution is -2.17. The third-order valence-corrected chi connectivity index (χ3v) is 5.55. The van der Waals surface area contributed by atoms with Gasteiger partial charge in [0, 0.05) is 11.4 Å². The first-order valence-electron chi connectivity index (χ1n) is 7.47. The normalized spacial score (nSPS) is 22.5. The van der Waals surface area contributed by atoms with Crippen molar-refractivity contribution in [3.63, 3.8) is 0 Å². The van der Waals surface area contributed by atoms with Crippen LogP contribution in [0, 0.1) is 11.8 Å². The van der Waals surface area contributed by atoms with E-state index in [-0.39, 0.29) is 0 Å².